The number of benzene rings is 1. The van der Waals surface area contributed by atoms with Crippen LogP contribution in [0.25, 0.3) is 0 Å². The van der Waals surface area contributed by atoms with Crippen molar-refractivity contribution in [3.05, 3.63) is 33.8 Å². The molecular formula is C16H21Cl2NO4. The molecule has 0 radical (unpaired) electrons. The second kappa shape index (κ2) is 7.51. The molecule has 2 N–H and O–H groups in total. The van der Waals surface area contributed by atoms with Crippen molar-refractivity contribution in [2.45, 2.75) is 44.8 Å². The van der Waals surface area contributed by atoms with E-state index in [-0.39, 0.29) is 17.9 Å². The monoisotopic (exact) mass is 361 g/mol. The molecule has 0 heterocycles. The first-order valence-electron chi connectivity index (χ1n) is 7.04. The summed E-state index contributed by atoms with van der Waals surface area (Å²) in [5, 5.41) is 0.606. The highest BCUT2D eigenvalue weighted by Gasteiger charge is 2.38. The van der Waals surface area contributed by atoms with Crippen LogP contribution in [-0.2, 0) is 24.6 Å². The minimum Gasteiger partial charge on any atom is -0.467 e. The summed E-state index contributed by atoms with van der Waals surface area (Å²) in [7, 11) is 1.23. The number of esters is 2. The van der Waals surface area contributed by atoms with Crippen LogP contribution in [0, 0.1) is 0 Å². The Morgan fingerprint density at radius 3 is 2.26 bits per heavy atom. The largest absolute Gasteiger partial charge is 0.467 e. The topological polar surface area (TPSA) is 78.6 Å². The lowest BCUT2D eigenvalue weighted by molar-refractivity contribution is -0.156. The van der Waals surface area contributed by atoms with E-state index < -0.39 is 23.1 Å². The van der Waals surface area contributed by atoms with E-state index in [1.165, 1.54) is 19.2 Å². The standard InChI is InChI=1S/C16H21Cl2NO4/c1-15(2,3)23-13(20)7-8-16(19,14(21)22-4)10-5-6-11(17)12(18)9-10/h5-6,9H,7-8,19H2,1-4H3. The first-order chi connectivity index (χ1) is 10.5. The van der Waals surface area contributed by atoms with Crippen LogP contribution in [0.4, 0.5) is 0 Å². The van der Waals surface area contributed by atoms with Gasteiger partial charge in [-0.1, -0.05) is 29.3 Å². The van der Waals surface area contributed by atoms with Gasteiger partial charge in [0.15, 0.2) is 0 Å². The number of halogens is 2. The number of hydrogen-bond acceptors (Lipinski definition) is 5. The van der Waals surface area contributed by atoms with Gasteiger partial charge in [0.1, 0.15) is 11.1 Å². The molecule has 0 saturated carbocycles. The number of carbonyl (C=O) groups excluding carboxylic acids is 2. The lowest BCUT2D eigenvalue weighted by Crippen LogP contribution is -2.46. The van der Waals surface area contributed by atoms with Crippen molar-refractivity contribution in [1.82, 2.24) is 0 Å². The van der Waals surface area contributed by atoms with Gasteiger partial charge >= 0.3 is 11.9 Å². The van der Waals surface area contributed by atoms with E-state index in [0.717, 1.165) is 0 Å². The van der Waals surface area contributed by atoms with E-state index >= 15 is 0 Å². The smallest absolute Gasteiger partial charge is 0.330 e. The van der Waals surface area contributed by atoms with Gasteiger partial charge in [0, 0.05) is 6.42 Å². The van der Waals surface area contributed by atoms with E-state index in [9.17, 15) is 9.59 Å². The molecule has 0 spiro atoms. The Morgan fingerprint density at radius 2 is 1.78 bits per heavy atom. The lowest BCUT2D eigenvalue weighted by atomic mass is 9.86. The average molecular weight is 362 g/mol. The molecule has 0 saturated heterocycles. The first kappa shape index (κ1) is 19.7. The number of nitrogens with two attached hydrogens (primary N) is 1. The molecule has 1 aromatic carbocycles. The highest BCUT2D eigenvalue weighted by molar-refractivity contribution is 6.42. The van der Waals surface area contributed by atoms with Crippen molar-refractivity contribution in [2.75, 3.05) is 7.11 Å². The minimum absolute atomic E-state index is 0.0204. The van der Waals surface area contributed by atoms with Gasteiger partial charge in [0.05, 0.1) is 17.2 Å². The molecule has 0 aromatic heterocycles. The van der Waals surface area contributed by atoms with Crippen molar-refractivity contribution < 1.29 is 19.1 Å². The molecule has 0 aliphatic rings. The summed E-state index contributed by atoms with van der Waals surface area (Å²) in [6.07, 6.45) is -0.0182. The molecule has 1 unspecified atom stereocenters. The number of ether oxygens (including phenoxy) is 2. The fraction of sp³-hybridized carbons (Fsp3) is 0.500. The quantitative estimate of drug-likeness (QED) is 0.812. The SMILES string of the molecule is COC(=O)C(N)(CCC(=O)OC(C)(C)C)c1ccc(Cl)c(Cl)c1. The Balaban J connectivity index is 3.01. The number of rotatable bonds is 5. The third kappa shape index (κ3) is 5.37. The fourth-order valence-electron chi connectivity index (χ4n) is 2.01. The number of carbonyl (C=O) groups is 2. The van der Waals surface area contributed by atoms with Gasteiger partial charge in [-0.3, -0.25) is 4.79 Å². The van der Waals surface area contributed by atoms with Crippen LogP contribution in [-0.4, -0.2) is 24.6 Å². The normalized spacial score (nSPS) is 14.0. The predicted molar refractivity (Wildman–Crippen MR) is 89.4 cm³/mol. The number of hydrogen-bond donors (Lipinski definition) is 1. The van der Waals surface area contributed by atoms with Crippen LogP contribution >= 0.6 is 23.2 Å². The highest BCUT2D eigenvalue weighted by Crippen LogP contribution is 2.31. The second-order valence-corrected chi connectivity index (χ2v) is 6.99. The summed E-state index contributed by atoms with van der Waals surface area (Å²) in [6, 6.07) is 4.62. The van der Waals surface area contributed by atoms with Crippen LogP contribution in [0.1, 0.15) is 39.2 Å². The van der Waals surface area contributed by atoms with Gasteiger partial charge in [-0.2, -0.15) is 0 Å². The number of methoxy groups -OCH3 is 1. The molecule has 0 fully saturated rings. The first-order valence-corrected chi connectivity index (χ1v) is 7.80. The predicted octanol–water partition coefficient (Wildman–Crippen LogP) is 3.44. The zero-order chi connectivity index (χ0) is 17.8. The molecule has 1 aromatic rings. The third-order valence-corrected chi connectivity index (χ3v) is 3.87. The van der Waals surface area contributed by atoms with Crippen LogP contribution in [0.15, 0.2) is 18.2 Å². The average Bonchev–Trinajstić information content (AvgIpc) is 2.45. The van der Waals surface area contributed by atoms with Gasteiger partial charge in [-0.25, -0.2) is 4.79 Å². The molecule has 0 amide bonds. The maximum absolute atomic E-state index is 12.2. The Bertz CT molecular complexity index is 598. The van der Waals surface area contributed by atoms with Gasteiger partial charge < -0.3 is 15.2 Å². The Hall–Kier alpha value is -1.30. The van der Waals surface area contributed by atoms with Crippen molar-refractivity contribution >= 4 is 35.1 Å². The Kier molecular flexibility index (Phi) is 6.45. The lowest BCUT2D eigenvalue weighted by Gasteiger charge is -2.28. The third-order valence-electron chi connectivity index (χ3n) is 3.13. The van der Waals surface area contributed by atoms with E-state index in [4.69, 9.17) is 38.4 Å². The molecule has 0 bridgehead atoms. The molecule has 7 heteroatoms. The van der Waals surface area contributed by atoms with E-state index in [1.807, 2.05) is 0 Å². The summed E-state index contributed by atoms with van der Waals surface area (Å²) in [5.41, 5.74) is 4.52. The Labute approximate surface area is 146 Å². The minimum atomic E-state index is -1.51. The van der Waals surface area contributed by atoms with Crippen molar-refractivity contribution in [3.63, 3.8) is 0 Å². The van der Waals surface area contributed by atoms with Gasteiger partial charge in [0.25, 0.3) is 0 Å². The van der Waals surface area contributed by atoms with E-state index in [2.05, 4.69) is 0 Å². The maximum Gasteiger partial charge on any atom is 0.330 e. The molecule has 23 heavy (non-hydrogen) atoms. The summed E-state index contributed by atoms with van der Waals surface area (Å²) >= 11 is 11.9. The molecule has 1 rings (SSSR count). The highest BCUT2D eigenvalue weighted by atomic mass is 35.5. The molecule has 0 aliphatic heterocycles. The van der Waals surface area contributed by atoms with Crippen LogP contribution in [0.3, 0.4) is 0 Å². The molecule has 0 aliphatic carbocycles. The molecule has 5 nitrogen and oxygen atoms in total. The fourth-order valence-corrected chi connectivity index (χ4v) is 2.31. The van der Waals surface area contributed by atoms with Crippen molar-refractivity contribution in [3.8, 4) is 0 Å². The van der Waals surface area contributed by atoms with Crippen LogP contribution in [0.2, 0.25) is 10.0 Å². The molecular weight excluding hydrogens is 341 g/mol. The van der Waals surface area contributed by atoms with Gasteiger partial charge in [-0.05, 0) is 44.9 Å². The summed E-state index contributed by atoms with van der Waals surface area (Å²) in [6.45, 7) is 5.29. The van der Waals surface area contributed by atoms with E-state index in [0.29, 0.717) is 10.6 Å². The van der Waals surface area contributed by atoms with Gasteiger partial charge in [0.2, 0.25) is 0 Å². The zero-order valence-electron chi connectivity index (χ0n) is 13.6. The van der Waals surface area contributed by atoms with Gasteiger partial charge in [-0.15, -0.1) is 0 Å². The van der Waals surface area contributed by atoms with Crippen molar-refractivity contribution in [1.29, 1.82) is 0 Å². The second-order valence-electron chi connectivity index (χ2n) is 6.18. The van der Waals surface area contributed by atoms with Crippen LogP contribution in [0.5, 0.6) is 0 Å². The molecule has 1 atom stereocenters. The zero-order valence-corrected chi connectivity index (χ0v) is 15.1. The maximum atomic E-state index is 12.2. The van der Waals surface area contributed by atoms with E-state index in [1.54, 1.807) is 26.8 Å². The van der Waals surface area contributed by atoms with Crippen molar-refractivity contribution in [2.24, 2.45) is 5.73 Å². The summed E-state index contributed by atoms with van der Waals surface area (Å²) in [5.74, 6) is -1.12. The van der Waals surface area contributed by atoms with Crippen LogP contribution < -0.4 is 5.73 Å². The summed E-state index contributed by atoms with van der Waals surface area (Å²) < 4.78 is 10.0. The Morgan fingerprint density at radius 1 is 1.17 bits per heavy atom. The summed E-state index contributed by atoms with van der Waals surface area (Å²) in [4.78, 5) is 24.0. The molecule has 128 valence electrons.